The highest BCUT2D eigenvalue weighted by atomic mass is 15.0. The van der Waals surface area contributed by atoms with Gasteiger partial charge in [0.15, 0.2) is 5.82 Å². The first-order valence-electron chi connectivity index (χ1n) is 19.3. The minimum atomic E-state index is 0.686. The highest BCUT2D eigenvalue weighted by molar-refractivity contribution is 6.26. The standard InChI is InChI=1S/C53H34N4/c1-4-15-35(16-5-1)36-27-29-37(30-28-36)47-34-48(56-53(55-47)38-17-6-2-7-18-38)39-19-14-20-40(33-39)51-45-32-31-43-42-23-11-13-26-49(42)57(41-21-8-3-9-22-41)52(43)50(45)44-24-10-12-25-46(44)54-51/h1-34H. The normalized spacial score (nSPS) is 11.5. The van der Waals surface area contributed by atoms with Crippen molar-refractivity contribution in [2.45, 2.75) is 0 Å². The summed E-state index contributed by atoms with van der Waals surface area (Å²) in [6, 6.07) is 72.5. The number of benzene rings is 8. The molecule has 0 fully saturated rings. The highest BCUT2D eigenvalue weighted by Crippen LogP contribution is 2.42. The number of nitrogens with zero attached hydrogens (tertiary/aromatic N) is 4. The number of rotatable bonds is 6. The van der Waals surface area contributed by atoms with Crippen molar-refractivity contribution in [1.29, 1.82) is 0 Å². The van der Waals surface area contributed by atoms with Crippen LogP contribution in [0.3, 0.4) is 0 Å². The van der Waals surface area contributed by atoms with Crippen molar-refractivity contribution in [2.24, 2.45) is 0 Å². The third-order valence-corrected chi connectivity index (χ3v) is 11.0. The molecule has 0 atom stereocenters. The fraction of sp³-hybridized carbons (Fsp3) is 0. The van der Waals surface area contributed by atoms with Crippen LogP contribution >= 0.6 is 0 Å². The Hall–Kier alpha value is -7.69. The summed E-state index contributed by atoms with van der Waals surface area (Å²) in [5, 5.41) is 5.87. The largest absolute Gasteiger partial charge is 0.309 e. The Balaban J connectivity index is 1.11. The summed E-state index contributed by atoms with van der Waals surface area (Å²) in [7, 11) is 0. The lowest BCUT2D eigenvalue weighted by Gasteiger charge is -2.15. The minimum Gasteiger partial charge on any atom is -0.309 e. The summed E-state index contributed by atoms with van der Waals surface area (Å²) in [4.78, 5) is 15.7. The number of pyridine rings is 1. The van der Waals surface area contributed by atoms with Crippen molar-refractivity contribution >= 4 is 43.5 Å². The molecule has 0 spiro atoms. The van der Waals surface area contributed by atoms with E-state index in [2.05, 4.69) is 187 Å². The first-order valence-corrected chi connectivity index (χ1v) is 19.3. The van der Waals surface area contributed by atoms with Crippen LogP contribution in [0.5, 0.6) is 0 Å². The van der Waals surface area contributed by atoms with Gasteiger partial charge in [-0.15, -0.1) is 0 Å². The Morgan fingerprint density at radius 1 is 0.333 bits per heavy atom. The Bertz CT molecular complexity index is 3260. The van der Waals surface area contributed by atoms with Gasteiger partial charge in [-0.25, -0.2) is 15.0 Å². The lowest BCUT2D eigenvalue weighted by Crippen LogP contribution is -1.97. The Kier molecular flexibility index (Phi) is 7.78. The van der Waals surface area contributed by atoms with Crippen LogP contribution in [-0.2, 0) is 0 Å². The molecular weight excluding hydrogens is 693 g/mol. The van der Waals surface area contributed by atoms with Gasteiger partial charge in [0.1, 0.15) is 0 Å². The quantitative estimate of drug-likeness (QED) is 0.160. The highest BCUT2D eigenvalue weighted by Gasteiger charge is 2.20. The summed E-state index contributed by atoms with van der Waals surface area (Å²) in [5.41, 5.74) is 13.5. The SMILES string of the molecule is c1ccc(-c2ccc(-c3cc(-c4cccc(-c5nc6ccccc6c6c5ccc5c7ccccc7n(-c7ccccc7)c56)c4)nc(-c4ccccc4)n3)cc2)cc1. The first-order chi connectivity index (χ1) is 28.3. The average Bonchev–Trinajstić information content (AvgIpc) is 3.64. The summed E-state index contributed by atoms with van der Waals surface area (Å²) >= 11 is 0. The molecule has 0 N–H and O–H groups in total. The molecule has 0 saturated heterocycles. The second-order valence-corrected chi connectivity index (χ2v) is 14.4. The van der Waals surface area contributed by atoms with E-state index in [0.717, 1.165) is 61.3 Å². The number of para-hydroxylation sites is 3. The van der Waals surface area contributed by atoms with Crippen LogP contribution in [0, 0.1) is 0 Å². The molecule has 0 saturated carbocycles. The predicted molar refractivity (Wildman–Crippen MR) is 236 cm³/mol. The van der Waals surface area contributed by atoms with Crippen molar-refractivity contribution < 1.29 is 0 Å². The Morgan fingerprint density at radius 2 is 0.895 bits per heavy atom. The van der Waals surface area contributed by atoms with Gasteiger partial charge in [-0.05, 0) is 47.5 Å². The molecule has 266 valence electrons. The van der Waals surface area contributed by atoms with E-state index in [1.807, 2.05) is 24.3 Å². The zero-order chi connectivity index (χ0) is 37.7. The van der Waals surface area contributed by atoms with Gasteiger partial charge < -0.3 is 4.57 Å². The van der Waals surface area contributed by atoms with Crippen LogP contribution < -0.4 is 0 Å². The summed E-state index contributed by atoms with van der Waals surface area (Å²) < 4.78 is 2.42. The number of fused-ring (bicyclic) bond motifs is 7. The topological polar surface area (TPSA) is 43.6 Å². The molecule has 0 aliphatic carbocycles. The summed E-state index contributed by atoms with van der Waals surface area (Å²) in [5.74, 6) is 0.686. The van der Waals surface area contributed by atoms with Gasteiger partial charge in [0.2, 0.25) is 0 Å². The van der Waals surface area contributed by atoms with Gasteiger partial charge in [-0.3, -0.25) is 0 Å². The first kappa shape index (κ1) is 32.7. The van der Waals surface area contributed by atoms with E-state index >= 15 is 0 Å². The van der Waals surface area contributed by atoms with E-state index in [1.54, 1.807) is 0 Å². The van der Waals surface area contributed by atoms with Crippen LogP contribution in [-0.4, -0.2) is 19.5 Å². The number of hydrogen-bond donors (Lipinski definition) is 0. The smallest absolute Gasteiger partial charge is 0.160 e. The maximum atomic E-state index is 5.39. The molecule has 8 aromatic carbocycles. The van der Waals surface area contributed by atoms with Crippen molar-refractivity contribution in [3.8, 4) is 62.0 Å². The molecule has 0 radical (unpaired) electrons. The molecule has 0 aliphatic rings. The zero-order valence-corrected chi connectivity index (χ0v) is 30.9. The van der Waals surface area contributed by atoms with Crippen LogP contribution in [0.25, 0.3) is 105 Å². The average molecular weight is 727 g/mol. The summed E-state index contributed by atoms with van der Waals surface area (Å²) in [6.45, 7) is 0. The zero-order valence-electron chi connectivity index (χ0n) is 30.9. The van der Waals surface area contributed by atoms with Gasteiger partial charge in [0, 0.05) is 54.9 Å². The van der Waals surface area contributed by atoms with Crippen LogP contribution in [0.15, 0.2) is 206 Å². The third kappa shape index (κ3) is 5.66. The van der Waals surface area contributed by atoms with Crippen molar-refractivity contribution in [2.75, 3.05) is 0 Å². The van der Waals surface area contributed by atoms with E-state index in [9.17, 15) is 0 Å². The van der Waals surface area contributed by atoms with E-state index in [4.69, 9.17) is 15.0 Å². The fourth-order valence-electron chi connectivity index (χ4n) is 8.31. The van der Waals surface area contributed by atoms with Gasteiger partial charge in [-0.2, -0.15) is 0 Å². The van der Waals surface area contributed by atoms with Gasteiger partial charge >= 0.3 is 0 Å². The van der Waals surface area contributed by atoms with Crippen molar-refractivity contribution in [1.82, 2.24) is 19.5 Å². The van der Waals surface area contributed by atoms with Crippen molar-refractivity contribution in [3.63, 3.8) is 0 Å². The molecule has 4 nitrogen and oxygen atoms in total. The Morgan fingerprint density at radius 3 is 1.67 bits per heavy atom. The van der Waals surface area contributed by atoms with Crippen LogP contribution in [0.1, 0.15) is 0 Å². The van der Waals surface area contributed by atoms with E-state index < -0.39 is 0 Å². The second kappa shape index (κ2) is 13.6. The molecule has 3 heterocycles. The molecule has 0 aliphatic heterocycles. The molecule has 4 heteroatoms. The molecule has 3 aromatic heterocycles. The number of aromatic nitrogens is 4. The minimum absolute atomic E-state index is 0.686. The Labute approximate surface area is 330 Å². The maximum Gasteiger partial charge on any atom is 0.160 e. The summed E-state index contributed by atoms with van der Waals surface area (Å²) in [6.07, 6.45) is 0. The third-order valence-electron chi connectivity index (χ3n) is 11.0. The number of hydrogen-bond acceptors (Lipinski definition) is 3. The molecule has 57 heavy (non-hydrogen) atoms. The van der Waals surface area contributed by atoms with E-state index in [0.29, 0.717) is 5.82 Å². The molecule has 11 rings (SSSR count). The van der Waals surface area contributed by atoms with Gasteiger partial charge in [0.25, 0.3) is 0 Å². The van der Waals surface area contributed by atoms with Crippen molar-refractivity contribution in [3.05, 3.63) is 206 Å². The lowest BCUT2D eigenvalue weighted by atomic mass is 9.96. The van der Waals surface area contributed by atoms with Crippen LogP contribution in [0.4, 0.5) is 0 Å². The molecule has 0 bridgehead atoms. The molecule has 0 amide bonds. The molecule has 11 aromatic rings. The van der Waals surface area contributed by atoms with E-state index in [-0.39, 0.29) is 0 Å². The molecule has 0 unspecified atom stereocenters. The lowest BCUT2D eigenvalue weighted by molar-refractivity contribution is 1.18. The monoisotopic (exact) mass is 726 g/mol. The maximum absolute atomic E-state index is 5.39. The van der Waals surface area contributed by atoms with E-state index in [1.165, 1.54) is 38.3 Å². The molecular formula is C53H34N4. The second-order valence-electron chi connectivity index (χ2n) is 14.4. The van der Waals surface area contributed by atoms with Crippen LogP contribution in [0.2, 0.25) is 0 Å². The van der Waals surface area contributed by atoms with Gasteiger partial charge in [0.05, 0.1) is 33.6 Å². The predicted octanol–water partition coefficient (Wildman–Crippen LogP) is 13.6. The van der Waals surface area contributed by atoms with Gasteiger partial charge in [-0.1, -0.05) is 170 Å². The fourth-order valence-corrected chi connectivity index (χ4v) is 8.31.